The second-order valence-electron chi connectivity index (χ2n) is 4.32. The predicted octanol–water partition coefficient (Wildman–Crippen LogP) is 3.94. The molecule has 2 nitrogen and oxygen atoms in total. The molecule has 0 saturated carbocycles. The molecule has 2 aromatic rings. The monoisotopic (exact) mass is 242 g/mol. The Kier molecular flexibility index (Phi) is 2.64. The number of rotatable bonds is 1. The van der Waals surface area contributed by atoms with Gasteiger partial charge in [0, 0.05) is 6.04 Å². The van der Waals surface area contributed by atoms with Crippen molar-refractivity contribution < 1.29 is 13.2 Å². The molecule has 17 heavy (non-hydrogen) atoms. The molecule has 0 amide bonds. The molecular weight excluding hydrogens is 229 g/mol. The van der Waals surface area contributed by atoms with Gasteiger partial charge in [-0.25, -0.2) is 4.98 Å². The fourth-order valence-corrected chi connectivity index (χ4v) is 2.05. The summed E-state index contributed by atoms with van der Waals surface area (Å²) in [5.41, 5.74) is 0.481. The number of benzene rings is 1. The molecule has 0 aliphatic rings. The van der Waals surface area contributed by atoms with Gasteiger partial charge in [-0.2, -0.15) is 13.2 Å². The van der Waals surface area contributed by atoms with Gasteiger partial charge in [-0.3, -0.25) is 0 Å². The normalized spacial score (nSPS) is 12.6. The minimum atomic E-state index is -4.32. The van der Waals surface area contributed by atoms with E-state index < -0.39 is 11.7 Å². The second-order valence-corrected chi connectivity index (χ2v) is 4.32. The Labute approximate surface area is 97.1 Å². The molecule has 0 saturated heterocycles. The van der Waals surface area contributed by atoms with Crippen LogP contribution in [0.4, 0.5) is 13.2 Å². The molecule has 0 radical (unpaired) electrons. The van der Waals surface area contributed by atoms with Crippen molar-refractivity contribution in [3.8, 4) is 0 Å². The van der Waals surface area contributed by atoms with Crippen molar-refractivity contribution in [3.63, 3.8) is 0 Å². The van der Waals surface area contributed by atoms with Crippen molar-refractivity contribution in [2.75, 3.05) is 0 Å². The third kappa shape index (κ3) is 2.01. The molecule has 0 aliphatic carbocycles. The Bertz CT molecular complexity index is 553. The average molecular weight is 242 g/mol. The van der Waals surface area contributed by atoms with Crippen LogP contribution in [0.5, 0.6) is 0 Å². The maximum absolute atomic E-state index is 12.5. The first-order valence-corrected chi connectivity index (χ1v) is 5.36. The molecule has 0 fully saturated rings. The topological polar surface area (TPSA) is 17.8 Å². The fourth-order valence-electron chi connectivity index (χ4n) is 2.05. The summed E-state index contributed by atoms with van der Waals surface area (Å²) in [5, 5.41) is 0. The van der Waals surface area contributed by atoms with Crippen LogP contribution in [0.2, 0.25) is 0 Å². The first-order valence-electron chi connectivity index (χ1n) is 5.36. The van der Waals surface area contributed by atoms with Gasteiger partial charge in [0.1, 0.15) is 5.82 Å². The highest BCUT2D eigenvalue weighted by Gasteiger charge is 2.31. The lowest BCUT2D eigenvalue weighted by Crippen LogP contribution is -2.05. The standard InChI is InChI=1S/C12H13F3N2/c1-7(2)17-8(3)16-10-6-9(12(13,14)15)4-5-11(10)17/h4-7H,1-3H3. The zero-order valence-corrected chi connectivity index (χ0v) is 9.84. The van der Waals surface area contributed by atoms with Gasteiger partial charge in [0.25, 0.3) is 0 Å². The third-order valence-electron chi connectivity index (χ3n) is 2.71. The zero-order valence-electron chi connectivity index (χ0n) is 9.84. The number of nitrogens with zero attached hydrogens (tertiary/aromatic N) is 2. The first-order chi connectivity index (χ1) is 7.80. The predicted molar refractivity (Wildman–Crippen MR) is 59.9 cm³/mol. The molecule has 0 unspecified atom stereocenters. The lowest BCUT2D eigenvalue weighted by molar-refractivity contribution is -0.137. The van der Waals surface area contributed by atoms with Crippen molar-refractivity contribution in [3.05, 3.63) is 29.6 Å². The number of aromatic nitrogens is 2. The van der Waals surface area contributed by atoms with Crippen molar-refractivity contribution in [1.29, 1.82) is 0 Å². The summed E-state index contributed by atoms with van der Waals surface area (Å²) in [6.07, 6.45) is -4.32. The Hall–Kier alpha value is -1.52. The van der Waals surface area contributed by atoms with Crippen LogP contribution in [0.15, 0.2) is 18.2 Å². The molecule has 0 spiro atoms. The van der Waals surface area contributed by atoms with Crippen LogP contribution in [0.1, 0.15) is 31.3 Å². The van der Waals surface area contributed by atoms with E-state index in [2.05, 4.69) is 4.98 Å². The number of hydrogen-bond acceptors (Lipinski definition) is 1. The van der Waals surface area contributed by atoms with Crippen LogP contribution >= 0.6 is 0 Å². The van der Waals surface area contributed by atoms with Gasteiger partial charge >= 0.3 is 6.18 Å². The fraction of sp³-hybridized carbons (Fsp3) is 0.417. The largest absolute Gasteiger partial charge is 0.416 e. The molecule has 1 aromatic heterocycles. The Morgan fingerprint density at radius 3 is 2.41 bits per heavy atom. The molecule has 92 valence electrons. The average Bonchev–Trinajstić information content (AvgIpc) is 2.50. The van der Waals surface area contributed by atoms with Crippen molar-refractivity contribution >= 4 is 11.0 Å². The van der Waals surface area contributed by atoms with E-state index in [9.17, 15) is 13.2 Å². The minimum absolute atomic E-state index is 0.178. The summed E-state index contributed by atoms with van der Waals surface area (Å²) in [5.74, 6) is 0.731. The maximum Gasteiger partial charge on any atom is 0.416 e. The van der Waals surface area contributed by atoms with Crippen LogP contribution in [0.25, 0.3) is 11.0 Å². The van der Waals surface area contributed by atoms with Crippen LogP contribution in [-0.2, 0) is 6.18 Å². The van der Waals surface area contributed by atoms with Crippen LogP contribution in [0.3, 0.4) is 0 Å². The summed E-state index contributed by atoms with van der Waals surface area (Å²) in [6, 6.07) is 3.86. The van der Waals surface area contributed by atoms with Gasteiger partial charge in [0.2, 0.25) is 0 Å². The maximum atomic E-state index is 12.5. The molecular formula is C12H13F3N2. The van der Waals surface area contributed by atoms with Gasteiger partial charge in [-0.1, -0.05) is 0 Å². The summed E-state index contributed by atoms with van der Waals surface area (Å²) < 4.78 is 39.6. The van der Waals surface area contributed by atoms with Crippen molar-refractivity contribution in [2.24, 2.45) is 0 Å². The van der Waals surface area contributed by atoms with Crippen molar-refractivity contribution in [1.82, 2.24) is 9.55 Å². The first kappa shape index (κ1) is 12.0. The highest BCUT2D eigenvalue weighted by Crippen LogP contribution is 2.32. The van der Waals surface area contributed by atoms with Gasteiger partial charge < -0.3 is 4.57 Å². The number of fused-ring (bicyclic) bond motifs is 1. The van der Waals surface area contributed by atoms with E-state index in [0.717, 1.165) is 23.5 Å². The van der Waals surface area contributed by atoms with E-state index in [4.69, 9.17) is 0 Å². The molecule has 5 heteroatoms. The number of alkyl halides is 3. The van der Waals surface area contributed by atoms with Crippen LogP contribution in [-0.4, -0.2) is 9.55 Å². The molecule has 1 heterocycles. The van der Waals surface area contributed by atoms with Gasteiger partial charge in [0.05, 0.1) is 16.6 Å². The Morgan fingerprint density at radius 2 is 1.88 bits per heavy atom. The Morgan fingerprint density at radius 1 is 1.24 bits per heavy atom. The highest BCUT2D eigenvalue weighted by atomic mass is 19.4. The number of imidazole rings is 1. The number of halogens is 3. The van der Waals surface area contributed by atoms with E-state index >= 15 is 0 Å². The number of hydrogen-bond donors (Lipinski definition) is 0. The third-order valence-corrected chi connectivity index (χ3v) is 2.71. The number of aryl methyl sites for hydroxylation is 1. The summed E-state index contributed by atoms with van der Waals surface area (Å²) in [6.45, 7) is 5.75. The van der Waals surface area contributed by atoms with Crippen LogP contribution < -0.4 is 0 Å². The summed E-state index contributed by atoms with van der Waals surface area (Å²) in [7, 11) is 0. The lowest BCUT2D eigenvalue weighted by Gasteiger charge is -2.11. The highest BCUT2D eigenvalue weighted by molar-refractivity contribution is 5.77. The van der Waals surface area contributed by atoms with E-state index in [1.807, 2.05) is 18.4 Å². The zero-order chi connectivity index (χ0) is 12.8. The molecule has 0 aliphatic heterocycles. The van der Waals surface area contributed by atoms with E-state index in [-0.39, 0.29) is 6.04 Å². The smallest absolute Gasteiger partial charge is 0.326 e. The minimum Gasteiger partial charge on any atom is -0.326 e. The molecule has 0 bridgehead atoms. The molecule has 0 N–H and O–H groups in total. The molecule has 0 atom stereocenters. The quantitative estimate of drug-likeness (QED) is 0.740. The van der Waals surface area contributed by atoms with E-state index in [1.54, 1.807) is 6.92 Å². The van der Waals surface area contributed by atoms with Crippen molar-refractivity contribution in [2.45, 2.75) is 33.0 Å². The molecule has 2 rings (SSSR count). The SMILES string of the molecule is Cc1nc2cc(C(F)(F)F)ccc2n1C(C)C. The van der Waals surface area contributed by atoms with Crippen LogP contribution in [0, 0.1) is 6.92 Å². The summed E-state index contributed by atoms with van der Waals surface area (Å²) in [4.78, 5) is 4.17. The summed E-state index contributed by atoms with van der Waals surface area (Å²) >= 11 is 0. The molecule has 1 aromatic carbocycles. The second kappa shape index (κ2) is 3.75. The lowest BCUT2D eigenvalue weighted by atomic mass is 10.2. The van der Waals surface area contributed by atoms with Gasteiger partial charge in [0.15, 0.2) is 0 Å². The van der Waals surface area contributed by atoms with Gasteiger partial charge in [-0.15, -0.1) is 0 Å². The van der Waals surface area contributed by atoms with Gasteiger partial charge in [-0.05, 0) is 39.0 Å². The Balaban J connectivity index is 2.66. The van der Waals surface area contributed by atoms with E-state index in [0.29, 0.717) is 5.52 Å². The van der Waals surface area contributed by atoms with E-state index in [1.165, 1.54) is 6.07 Å².